The molecule has 1 aromatic rings. The number of nitrogens with one attached hydrogen (secondary N) is 3. The van der Waals surface area contributed by atoms with Gasteiger partial charge >= 0.3 is 6.09 Å². The van der Waals surface area contributed by atoms with Crippen LogP contribution >= 0.6 is 24.0 Å². The number of hydrogen-bond acceptors (Lipinski definition) is 4. The lowest BCUT2D eigenvalue weighted by atomic mass is 10.1. The van der Waals surface area contributed by atoms with Gasteiger partial charge in [-0.2, -0.15) is 0 Å². The third-order valence-corrected chi connectivity index (χ3v) is 5.22. The Labute approximate surface area is 202 Å². The van der Waals surface area contributed by atoms with E-state index in [-0.39, 0.29) is 48.1 Å². The Bertz CT molecular complexity index is 736. The molecular formula is C22H36IN5O3. The lowest BCUT2D eigenvalue weighted by Gasteiger charge is -2.32. The zero-order valence-electron chi connectivity index (χ0n) is 18.9. The molecule has 31 heavy (non-hydrogen) atoms. The highest BCUT2D eigenvalue weighted by molar-refractivity contribution is 14.0. The maximum Gasteiger partial charge on any atom is 0.409 e. The molecule has 0 aromatic heterocycles. The SMILES string of the molecule is CCOC(=O)N1CCC(NC(=NC)NCc2cccc(C(=O)NC(C)CC)c2)CC1.I. The van der Waals surface area contributed by atoms with E-state index >= 15 is 0 Å². The molecule has 1 saturated heterocycles. The number of carbonyl (C=O) groups excluding carboxylic acids is 2. The van der Waals surface area contributed by atoms with E-state index in [0.29, 0.717) is 37.8 Å². The molecule has 1 aliphatic heterocycles. The number of halogens is 1. The molecule has 1 atom stereocenters. The lowest BCUT2D eigenvalue weighted by molar-refractivity contribution is 0.0936. The third-order valence-electron chi connectivity index (χ3n) is 5.22. The fraction of sp³-hybridized carbons (Fsp3) is 0.591. The third kappa shape index (κ3) is 8.92. The molecule has 1 aliphatic rings. The van der Waals surface area contributed by atoms with Gasteiger partial charge in [-0.15, -0.1) is 24.0 Å². The van der Waals surface area contributed by atoms with Crippen LogP contribution in [0.25, 0.3) is 0 Å². The normalized spacial score (nSPS) is 15.5. The minimum Gasteiger partial charge on any atom is -0.450 e. The molecule has 2 rings (SSSR count). The summed E-state index contributed by atoms with van der Waals surface area (Å²) in [7, 11) is 1.74. The molecule has 0 radical (unpaired) electrons. The van der Waals surface area contributed by atoms with Crippen molar-refractivity contribution in [2.75, 3.05) is 26.7 Å². The van der Waals surface area contributed by atoms with Gasteiger partial charge in [-0.1, -0.05) is 19.1 Å². The van der Waals surface area contributed by atoms with Crippen molar-refractivity contribution in [1.29, 1.82) is 0 Å². The van der Waals surface area contributed by atoms with E-state index in [0.717, 1.165) is 24.8 Å². The van der Waals surface area contributed by atoms with E-state index < -0.39 is 0 Å². The van der Waals surface area contributed by atoms with Crippen LogP contribution in [0.15, 0.2) is 29.3 Å². The van der Waals surface area contributed by atoms with E-state index in [1.54, 1.807) is 11.9 Å². The molecule has 0 bridgehead atoms. The van der Waals surface area contributed by atoms with Crippen LogP contribution < -0.4 is 16.0 Å². The van der Waals surface area contributed by atoms with Gasteiger partial charge in [0, 0.05) is 44.3 Å². The first-order chi connectivity index (χ1) is 14.5. The second kappa shape index (κ2) is 14.1. The molecule has 0 spiro atoms. The van der Waals surface area contributed by atoms with Crippen LogP contribution in [-0.4, -0.2) is 61.7 Å². The van der Waals surface area contributed by atoms with E-state index in [1.165, 1.54) is 0 Å². The number of guanidine groups is 1. The Hall–Kier alpha value is -2.04. The molecule has 2 amide bonds. The minimum absolute atomic E-state index is 0. The van der Waals surface area contributed by atoms with Crippen LogP contribution in [0, 0.1) is 0 Å². The molecule has 1 heterocycles. The Morgan fingerprint density at radius 2 is 1.97 bits per heavy atom. The van der Waals surface area contributed by atoms with E-state index in [1.807, 2.05) is 45.0 Å². The molecular weight excluding hydrogens is 509 g/mol. The van der Waals surface area contributed by atoms with Gasteiger partial charge in [-0.05, 0) is 50.8 Å². The topological polar surface area (TPSA) is 95.1 Å². The second-order valence-corrected chi connectivity index (χ2v) is 7.51. The highest BCUT2D eigenvalue weighted by atomic mass is 127. The smallest absolute Gasteiger partial charge is 0.409 e. The number of carbonyl (C=O) groups is 2. The summed E-state index contributed by atoms with van der Waals surface area (Å²) >= 11 is 0. The van der Waals surface area contributed by atoms with Crippen LogP contribution in [0.1, 0.15) is 56.0 Å². The summed E-state index contributed by atoms with van der Waals surface area (Å²) in [5.41, 5.74) is 1.66. The van der Waals surface area contributed by atoms with E-state index in [2.05, 4.69) is 20.9 Å². The molecule has 1 unspecified atom stereocenters. The Morgan fingerprint density at radius 1 is 1.26 bits per heavy atom. The number of aliphatic imine (C=N–C) groups is 1. The minimum atomic E-state index is -0.240. The van der Waals surface area contributed by atoms with Crippen molar-refractivity contribution in [3.63, 3.8) is 0 Å². The van der Waals surface area contributed by atoms with Crippen molar-refractivity contribution in [2.45, 2.75) is 58.7 Å². The Kier molecular flexibility index (Phi) is 12.3. The van der Waals surface area contributed by atoms with Crippen molar-refractivity contribution in [3.8, 4) is 0 Å². The van der Waals surface area contributed by atoms with Gasteiger partial charge in [0.15, 0.2) is 5.96 Å². The number of nitrogens with zero attached hydrogens (tertiary/aromatic N) is 2. The fourth-order valence-electron chi connectivity index (χ4n) is 3.23. The van der Waals surface area contributed by atoms with Crippen molar-refractivity contribution < 1.29 is 14.3 Å². The van der Waals surface area contributed by atoms with Crippen LogP contribution in [0.3, 0.4) is 0 Å². The van der Waals surface area contributed by atoms with Crippen molar-refractivity contribution in [2.24, 2.45) is 4.99 Å². The number of amides is 2. The molecule has 1 aromatic carbocycles. The summed E-state index contributed by atoms with van der Waals surface area (Å²) in [6.45, 7) is 8.15. The quantitative estimate of drug-likeness (QED) is 0.278. The summed E-state index contributed by atoms with van der Waals surface area (Å²) in [5.74, 6) is 0.654. The zero-order valence-corrected chi connectivity index (χ0v) is 21.3. The summed E-state index contributed by atoms with van der Waals surface area (Å²) in [5, 5.41) is 9.72. The van der Waals surface area contributed by atoms with Crippen LogP contribution in [0.2, 0.25) is 0 Å². The largest absolute Gasteiger partial charge is 0.450 e. The number of likely N-dealkylation sites (tertiary alicyclic amines) is 1. The predicted molar refractivity (Wildman–Crippen MR) is 134 cm³/mol. The van der Waals surface area contributed by atoms with Gasteiger partial charge in [0.05, 0.1) is 6.61 Å². The number of ether oxygens (including phenoxy) is 1. The maximum atomic E-state index is 12.3. The molecule has 174 valence electrons. The van der Waals surface area contributed by atoms with Crippen LogP contribution in [-0.2, 0) is 11.3 Å². The van der Waals surface area contributed by atoms with Gasteiger partial charge in [-0.3, -0.25) is 9.79 Å². The molecule has 0 aliphatic carbocycles. The van der Waals surface area contributed by atoms with Gasteiger partial charge in [0.1, 0.15) is 0 Å². The number of benzene rings is 1. The van der Waals surface area contributed by atoms with Crippen LogP contribution in [0.4, 0.5) is 4.79 Å². The van der Waals surface area contributed by atoms with Gasteiger partial charge in [0.25, 0.3) is 5.91 Å². The van der Waals surface area contributed by atoms with Crippen molar-refractivity contribution >= 4 is 41.9 Å². The zero-order chi connectivity index (χ0) is 21.9. The molecule has 9 heteroatoms. The van der Waals surface area contributed by atoms with Crippen molar-refractivity contribution in [1.82, 2.24) is 20.9 Å². The first kappa shape index (κ1) is 27.0. The number of piperidine rings is 1. The van der Waals surface area contributed by atoms with E-state index in [4.69, 9.17) is 4.74 Å². The summed E-state index contributed by atoms with van der Waals surface area (Å²) < 4.78 is 5.06. The molecule has 8 nitrogen and oxygen atoms in total. The summed E-state index contributed by atoms with van der Waals surface area (Å²) in [4.78, 5) is 30.2. The van der Waals surface area contributed by atoms with Gasteiger partial charge < -0.3 is 25.6 Å². The lowest BCUT2D eigenvalue weighted by Crippen LogP contribution is -2.49. The van der Waals surface area contributed by atoms with Crippen LogP contribution in [0.5, 0.6) is 0 Å². The summed E-state index contributed by atoms with van der Waals surface area (Å²) in [6.07, 6.45) is 2.33. The molecule has 1 fully saturated rings. The average molecular weight is 545 g/mol. The van der Waals surface area contributed by atoms with Gasteiger partial charge in [-0.25, -0.2) is 4.79 Å². The van der Waals surface area contributed by atoms with Gasteiger partial charge in [0.2, 0.25) is 0 Å². The second-order valence-electron chi connectivity index (χ2n) is 7.51. The average Bonchev–Trinajstić information content (AvgIpc) is 2.77. The Morgan fingerprint density at radius 3 is 2.58 bits per heavy atom. The van der Waals surface area contributed by atoms with E-state index in [9.17, 15) is 9.59 Å². The summed E-state index contributed by atoms with van der Waals surface area (Å²) in [6, 6.07) is 8.00. The first-order valence-electron chi connectivity index (χ1n) is 10.8. The fourth-order valence-corrected chi connectivity index (χ4v) is 3.23. The highest BCUT2D eigenvalue weighted by Crippen LogP contribution is 2.12. The highest BCUT2D eigenvalue weighted by Gasteiger charge is 2.24. The first-order valence-corrected chi connectivity index (χ1v) is 10.8. The standard InChI is InChI=1S/C22H35N5O3.HI/c1-5-16(3)25-20(28)18-9-7-8-17(14-18)15-24-21(23-4)26-19-10-12-27(13-11-19)22(29)30-6-2;/h7-9,14,16,19H,5-6,10-13,15H2,1-4H3,(H,25,28)(H2,23,24,26);1H. The maximum absolute atomic E-state index is 12.3. The Balaban J connectivity index is 0.00000480. The number of rotatable bonds is 7. The predicted octanol–water partition coefficient (Wildman–Crippen LogP) is 3.12. The monoisotopic (exact) mass is 545 g/mol. The number of hydrogen-bond donors (Lipinski definition) is 3. The molecule has 3 N–H and O–H groups in total. The molecule has 0 saturated carbocycles. The van der Waals surface area contributed by atoms with Crippen molar-refractivity contribution in [3.05, 3.63) is 35.4 Å².